The summed E-state index contributed by atoms with van der Waals surface area (Å²) in [4.78, 5) is 25.0. The van der Waals surface area contributed by atoms with Crippen molar-refractivity contribution in [3.63, 3.8) is 0 Å². The lowest BCUT2D eigenvalue weighted by atomic mass is 10.1. The highest BCUT2D eigenvalue weighted by atomic mass is 32.2. The summed E-state index contributed by atoms with van der Waals surface area (Å²) in [5.41, 5.74) is 2.36. The second kappa shape index (κ2) is 7.50. The largest absolute Gasteiger partial charge is 0.481 e. The monoisotopic (exact) mass is 307 g/mol. The van der Waals surface area contributed by atoms with Crippen molar-refractivity contribution in [1.29, 1.82) is 0 Å². The molecular formula is C16H21NO3S. The second-order valence-electron chi connectivity index (χ2n) is 5.40. The summed E-state index contributed by atoms with van der Waals surface area (Å²) in [6.07, 6.45) is 1.20. The highest BCUT2D eigenvalue weighted by Crippen LogP contribution is 2.20. The first kappa shape index (κ1) is 15.9. The van der Waals surface area contributed by atoms with Crippen LogP contribution in [0, 0.1) is 6.92 Å². The molecule has 1 amide bonds. The number of carbonyl (C=O) groups is 2. The van der Waals surface area contributed by atoms with Gasteiger partial charge in [0.05, 0.1) is 12.5 Å². The minimum Gasteiger partial charge on any atom is -0.481 e. The van der Waals surface area contributed by atoms with E-state index in [2.05, 4.69) is 0 Å². The van der Waals surface area contributed by atoms with Crippen molar-refractivity contribution in [3.05, 3.63) is 35.4 Å². The van der Waals surface area contributed by atoms with Crippen LogP contribution >= 0.6 is 11.8 Å². The molecule has 1 aliphatic heterocycles. The summed E-state index contributed by atoms with van der Waals surface area (Å²) in [6.45, 7) is 2.70. The Morgan fingerprint density at radius 3 is 2.71 bits per heavy atom. The predicted octanol–water partition coefficient (Wildman–Crippen LogP) is 2.35. The summed E-state index contributed by atoms with van der Waals surface area (Å²) < 4.78 is 0. The number of benzene rings is 1. The Hall–Kier alpha value is -1.49. The van der Waals surface area contributed by atoms with E-state index in [9.17, 15) is 9.59 Å². The molecule has 1 aromatic rings. The molecular weight excluding hydrogens is 286 g/mol. The second-order valence-corrected chi connectivity index (χ2v) is 6.55. The van der Waals surface area contributed by atoms with Crippen LogP contribution in [-0.4, -0.2) is 46.0 Å². The average molecular weight is 307 g/mol. The van der Waals surface area contributed by atoms with E-state index in [1.807, 2.05) is 31.2 Å². The molecule has 1 unspecified atom stereocenters. The van der Waals surface area contributed by atoms with Crippen LogP contribution in [0.25, 0.3) is 0 Å². The Morgan fingerprint density at radius 1 is 1.33 bits per heavy atom. The van der Waals surface area contributed by atoms with Crippen LogP contribution in [-0.2, 0) is 16.0 Å². The normalized spacial score (nSPS) is 18.5. The van der Waals surface area contributed by atoms with Gasteiger partial charge in [0.25, 0.3) is 0 Å². The molecule has 1 aromatic carbocycles. The van der Waals surface area contributed by atoms with E-state index in [1.54, 1.807) is 16.7 Å². The number of aryl methyl sites for hydroxylation is 2. The fraction of sp³-hybridized carbons (Fsp3) is 0.500. The van der Waals surface area contributed by atoms with E-state index in [0.717, 1.165) is 17.1 Å². The zero-order valence-electron chi connectivity index (χ0n) is 12.2. The van der Waals surface area contributed by atoms with E-state index >= 15 is 0 Å². The van der Waals surface area contributed by atoms with Gasteiger partial charge < -0.3 is 10.0 Å². The molecule has 2 rings (SSSR count). The van der Waals surface area contributed by atoms with E-state index in [4.69, 9.17) is 5.11 Å². The summed E-state index contributed by atoms with van der Waals surface area (Å²) in [7, 11) is 0. The lowest BCUT2D eigenvalue weighted by Crippen LogP contribution is -2.47. The van der Waals surface area contributed by atoms with E-state index in [-0.39, 0.29) is 18.4 Å². The van der Waals surface area contributed by atoms with Crippen LogP contribution in [0.5, 0.6) is 0 Å². The predicted molar refractivity (Wildman–Crippen MR) is 84.6 cm³/mol. The minimum atomic E-state index is -0.834. The smallest absolute Gasteiger partial charge is 0.305 e. The van der Waals surface area contributed by atoms with Crippen LogP contribution in [0.15, 0.2) is 24.3 Å². The molecule has 1 heterocycles. The van der Waals surface area contributed by atoms with Crippen molar-refractivity contribution in [2.24, 2.45) is 0 Å². The highest BCUT2D eigenvalue weighted by molar-refractivity contribution is 7.99. The zero-order valence-corrected chi connectivity index (χ0v) is 13.1. The van der Waals surface area contributed by atoms with Gasteiger partial charge in [-0.3, -0.25) is 9.59 Å². The Morgan fingerprint density at radius 2 is 2.05 bits per heavy atom. The number of rotatable bonds is 5. The van der Waals surface area contributed by atoms with Crippen molar-refractivity contribution in [2.45, 2.75) is 32.2 Å². The summed E-state index contributed by atoms with van der Waals surface area (Å²) in [5, 5.41) is 8.95. The first-order chi connectivity index (χ1) is 10.1. The Bertz CT molecular complexity index is 501. The number of aliphatic carboxylic acids is 1. The van der Waals surface area contributed by atoms with Crippen LogP contribution in [0.2, 0.25) is 0 Å². The number of thioether (sulfide) groups is 1. The van der Waals surface area contributed by atoms with Crippen molar-refractivity contribution < 1.29 is 14.7 Å². The third-order valence-electron chi connectivity index (χ3n) is 3.71. The topological polar surface area (TPSA) is 57.6 Å². The molecule has 0 spiro atoms. The number of hydrogen-bond donors (Lipinski definition) is 1. The quantitative estimate of drug-likeness (QED) is 0.907. The van der Waals surface area contributed by atoms with Gasteiger partial charge in [-0.2, -0.15) is 11.8 Å². The first-order valence-corrected chi connectivity index (χ1v) is 8.36. The van der Waals surface area contributed by atoms with Gasteiger partial charge in [0.15, 0.2) is 0 Å². The average Bonchev–Trinajstić information content (AvgIpc) is 2.46. The number of hydrogen-bond acceptors (Lipinski definition) is 3. The molecule has 0 radical (unpaired) electrons. The molecule has 0 saturated carbocycles. The maximum atomic E-state index is 12.4. The Balaban J connectivity index is 1.91. The van der Waals surface area contributed by atoms with Gasteiger partial charge in [0.2, 0.25) is 5.91 Å². The lowest BCUT2D eigenvalue weighted by Gasteiger charge is -2.34. The van der Waals surface area contributed by atoms with Crippen LogP contribution in [0.4, 0.5) is 0 Å². The van der Waals surface area contributed by atoms with Gasteiger partial charge in [-0.1, -0.05) is 29.8 Å². The number of nitrogens with zero attached hydrogens (tertiary/aromatic N) is 1. The number of amides is 1. The van der Waals surface area contributed by atoms with Gasteiger partial charge in [0.1, 0.15) is 0 Å². The van der Waals surface area contributed by atoms with Crippen molar-refractivity contribution in [3.8, 4) is 0 Å². The van der Waals surface area contributed by atoms with E-state index in [1.165, 1.54) is 5.56 Å². The summed E-state index contributed by atoms with van der Waals surface area (Å²) >= 11 is 1.73. The fourth-order valence-corrected chi connectivity index (χ4v) is 3.57. The summed E-state index contributed by atoms with van der Waals surface area (Å²) in [6, 6.07) is 8.02. The van der Waals surface area contributed by atoms with Gasteiger partial charge in [-0.15, -0.1) is 0 Å². The molecule has 1 atom stereocenters. The Kier molecular flexibility index (Phi) is 5.67. The Labute approximate surface area is 129 Å². The van der Waals surface area contributed by atoms with Crippen LogP contribution < -0.4 is 0 Å². The standard InChI is InChI=1S/C16H21NO3S/c1-12-2-4-13(5-3-12)6-7-15(18)17-8-9-21-11-14(17)10-16(19)20/h2-5,14H,6-11H2,1H3,(H,19,20). The first-order valence-electron chi connectivity index (χ1n) is 7.21. The van der Waals surface area contributed by atoms with Crippen molar-refractivity contribution in [2.75, 3.05) is 18.1 Å². The van der Waals surface area contributed by atoms with E-state index in [0.29, 0.717) is 19.4 Å². The molecule has 1 saturated heterocycles. The van der Waals surface area contributed by atoms with Gasteiger partial charge >= 0.3 is 5.97 Å². The molecule has 114 valence electrons. The highest BCUT2D eigenvalue weighted by Gasteiger charge is 2.28. The number of carboxylic acid groups (broad SMARTS) is 1. The molecule has 4 nitrogen and oxygen atoms in total. The maximum Gasteiger partial charge on any atom is 0.305 e. The molecule has 0 aliphatic carbocycles. The third kappa shape index (κ3) is 4.77. The molecule has 0 aromatic heterocycles. The number of carbonyl (C=O) groups excluding carboxylic acids is 1. The zero-order chi connectivity index (χ0) is 15.2. The molecule has 1 N–H and O–H groups in total. The van der Waals surface area contributed by atoms with E-state index < -0.39 is 5.97 Å². The molecule has 5 heteroatoms. The summed E-state index contributed by atoms with van der Waals surface area (Å²) in [5.74, 6) is 0.857. The fourth-order valence-electron chi connectivity index (χ4n) is 2.50. The minimum absolute atomic E-state index is 0.0449. The maximum absolute atomic E-state index is 12.4. The van der Waals surface area contributed by atoms with Gasteiger partial charge in [-0.25, -0.2) is 0 Å². The molecule has 1 aliphatic rings. The van der Waals surface area contributed by atoms with Crippen LogP contribution in [0.1, 0.15) is 24.0 Å². The lowest BCUT2D eigenvalue weighted by molar-refractivity contribution is -0.140. The van der Waals surface area contributed by atoms with Crippen molar-refractivity contribution in [1.82, 2.24) is 4.90 Å². The van der Waals surface area contributed by atoms with Crippen LogP contribution in [0.3, 0.4) is 0 Å². The molecule has 21 heavy (non-hydrogen) atoms. The van der Waals surface area contributed by atoms with Crippen molar-refractivity contribution >= 4 is 23.6 Å². The third-order valence-corrected chi connectivity index (χ3v) is 4.80. The van der Waals surface area contributed by atoms with Gasteiger partial charge in [-0.05, 0) is 18.9 Å². The molecule has 1 fully saturated rings. The number of carboxylic acids is 1. The van der Waals surface area contributed by atoms with Gasteiger partial charge in [0, 0.05) is 24.5 Å². The SMILES string of the molecule is Cc1ccc(CCC(=O)N2CCSCC2CC(=O)O)cc1. The molecule has 0 bridgehead atoms.